The number of allylic oxidation sites excluding steroid dienone is 2. The third-order valence-corrected chi connectivity index (χ3v) is 9.12. The van der Waals surface area contributed by atoms with Gasteiger partial charge in [0.05, 0.1) is 5.70 Å². The number of rotatable bonds is 13. The van der Waals surface area contributed by atoms with Gasteiger partial charge in [-0.15, -0.1) is 0 Å². The summed E-state index contributed by atoms with van der Waals surface area (Å²) in [7, 11) is 0. The highest BCUT2D eigenvalue weighted by atomic mass is 32.2. The molecule has 4 heterocycles. The van der Waals surface area contributed by atoms with Crippen LogP contribution in [0.3, 0.4) is 0 Å². The number of carboxylic acid groups (broad SMARTS) is 2. The maximum atomic E-state index is 12.8. The molecular weight excluding hydrogens is 608 g/mol. The number of H-pyrrole nitrogens is 2. The third-order valence-electron chi connectivity index (χ3n) is 8.20. The van der Waals surface area contributed by atoms with Gasteiger partial charge in [0.25, 0.3) is 11.8 Å². The number of carbonyl (C=O) groups excluding carboxylic acids is 3. The van der Waals surface area contributed by atoms with E-state index in [1.165, 1.54) is 6.92 Å². The molecule has 2 amide bonds. The number of carboxylic acids is 2. The molecule has 0 saturated heterocycles. The zero-order valence-electron chi connectivity index (χ0n) is 26.5. The lowest BCUT2D eigenvalue weighted by molar-refractivity contribution is -0.138. The minimum Gasteiger partial charge on any atom is -0.481 e. The van der Waals surface area contributed by atoms with Crippen LogP contribution in [0.5, 0.6) is 0 Å². The molecule has 0 aliphatic carbocycles. The summed E-state index contributed by atoms with van der Waals surface area (Å²) in [6.07, 6.45) is 5.88. The third kappa shape index (κ3) is 7.51. The van der Waals surface area contributed by atoms with Crippen molar-refractivity contribution in [2.75, 3.05) is 0 Å². The summed E-state index contributed by atoms with van der Waals surface area (Å²) < 4.78 is 0. The molecule has 0 aromatic carbocycles. The molecule has 46 heavy (non-hydrogen) atoms. The van der Waals surface area contributed by atoms with E-state index in [0.29, 0.717) is 45.9 Å². The molecule has 2 aliphatic rings. The molecule has 11 nitrogen and oxygen atoms in total. The molecule has 2 aromatic heterocycles. The number of hydrogen-bond acceptors (Lipinski definition) is 6. The van der Waals surface area contributed by atoms with Gasteiger partial charge in [-0.3, -0.25) is 24.0 Å². The van der Waals surface area contributed by atoms with Crippen LogP contribution in [0, 0.1) is 6.92 Å². The summed E-state index contributed by atoms with van der Waals surface area (Å²) in [5.74, 6) is -2.36. The van der Waals surface area contributed by atoms with Crippen molar-refractivity contribution in [2.24, 2.45) is 0 Å². The van der Waals surface area contributed by atoms with E-state index in [0.717, 1.165) is 45.4 Å². The maximum absolute atomic E-state index is 12.8. The first-order valence-electron chi connectivity index (χ1n) is 14.8. The van der Waals surface area contributed by atoms with Crippen LogP contribution in [0.25, 0.3) is 12.2 Å². The molecular formula is C34H38N4O7S. The first-order chi connectivity index (χ1) is 21.7. The summed E-state index contributed by atoms with van der Waals surface area (Å²) in [5, 5.41) is 24.2. The van der Waals surface area contributed by atoms with Crippen molar-refractivity contribution in [1.82, 2.24) is 20.6 Å². The first-order valence-corrected chi connectivity index (χ1v) is 15.7. The molecule has 2 aliphatic heterocycles. The average molecular weight is 647 g/mol. The second-order valence-electron chi connectivity index (χ2n) is 11.4. The Hall–Kier alpha value is -4.84. The smallest absolute Gasteiger partial charge is 0.303 e. The van der Waals surface area contributed by atoms with Crippen molar-refractivity contribution in [2.45, 2.75) is 72.0 Å². The van der Waals surface area contributed by atoms with E-state index in [1.54, 1.807) is 19.1 Å². The fourth-order valence-corrected chi connectivity index (χ4v) is 6.75. The van der Waals surface area contributed by atoms with E-state index in [9.17, 15) is 34.2 Å². The van der Waals surface area contributed by atoms with Crippen molar-refractivity contribution in [3.63, 3.8) is 0 Å². The van der Waals surface area contributed by atoms with Gasteiger partial charge in [0.2, 0.25) is 0 Å². The van der Waals surface area contributed by atoms with Crippen LogP contribution in [0.1, 0.15) is 80.0 Å². The topological polar surface area (TPSA) is 181 Å². The van der Waals surface area contributed by atoms with Crippen LogP contribution < -0.4 is 10.6 Å². The number of thioether (sulfide) groups is 1. The van der Waals surface area contributed by atoms with E-state index in [2.05, 4.69) is 27.2 Å². The summed E-state index contributed by atoms with van der Waals surface area (Å²) in [6, 6.07) is 1.85. The summed E-state index contributed by atoms with van der Waals surface area (Å²) >= 11 is 1.09. The number of hydrogen-bond donors (Lipinski definition) is 6. The van der Waals surface area contributed by atoms with E-state index in [-0.39, 0.29) is 47.9 Å². The fourth-order valence-electron chi connectivity index (χ4n) is 5.85. The molecule has 0 radical (unpaired) electrons. The molecule has 0 saturated carbocycles. The van der Waals surface area contributed by atoms with Crippen LogP contribution in [0.4, 0.5) is 0 Å². The maximum Gasteiger partial charge on any atom is 0.303 e. The average Bonchev–Trinajstić information content (AvgIpc) is 3.65. The van der Waals surface area contributed by atoms with Gasteiger partial charge in [0.15, 0.2) is 5.12 Å². The molecule has 0 bridgehead atoms. The van der Waals surface area contributed by atoms with Gasteiger partial charge in [-0.05, 0) is 81.0 Å². The second-order valence-corrected chi connectivity index (χ2v) is 12.9. The van der Waals surface area contributed by atoms with Crippen LogP contribution in [-0.2, 0) is 43.2 Å². The summed E-state index contributed by atoms with van der Waals surface area (Å²) in [4.78, 5) is 66.5. The molecule has 0 spiro atoms. The van der Waals surface area contributed by atoms with E-state index < -0.39 is 11.9 Å². The fraction of sp³-hybridized carbons (Fsp3) is 0.324. The zero-order chi connectivity index (χ0) is 33.9. The lowest BCUT2D eigenvalue weighted by atomic mass is 10.00. The lowest BCUT2D eigenvalue weighted by Crippen LogP contribution is -2.20. The number of aryl methyl sites for hydroxylation is 1. The van der Waals surface area contributed by atoms with Crippen LogP contribution in [0.15, 0.2) is 52.4 Å². The normalized spacial score (nSPS) is 17.2. The largest absolute Gasteiger partial charge is 0.481 e. The molecule has 1 atom stereocenters. The highest BCUT2D eigenvalue weighted by Crippen LogP contribution is 2.32. The molecule has 2 aromatic rings. The number of aromatic amines is 2. The van der Waals surface area contributed by atoms with E-state index >= 15 is 0 Å². The van der Waals surface area contributed by atoms with Gasteiger partial charge in [0.1, 0.15) is 0 Å². The number of aromatic nitrogens is 2. The van der Waals surface area contributed by atoms with Gasteiger partial charge in [-0.1, -0.05) is 24.4 Å². The molecule has 4 rings (SSSR count). The Morgan fingerprint density at radius 2 is 1.57 bits per heavy atom. The van der Waals surface area contributed by atoms with Crippen molar-refractivity contribution in [3.8, 4) is 0 Å². The van der Waals surface area contributed by atoms with Gasteiger partial charge < -0.3 is 30.8 Å². The second kappa shape index (κ2) is 14.1. The SMILES string of the molecule is C=CC1=C(C)C(=O)NC1=Cc1[nH]c(Cc2[nH]c(C=C3NC(=O)C(C(C)SC(C)=O)=C3C)cc2CCC(=O)O)c(CCC(=O)O)c1C. The minimum atomic E-state index is -0.942. The van der Waals surface area contributed by atoms with Crippen LogP contribution in [-0.4, -0.2) is 54.3 Å². The van der Waals surface area contributed by atoms with Crippen LogP contribution in [0.2, 0.25) is 0 Å². The Morgan fingerprint density at radius 3 is 2.20 bits per heavy atom. The standard InChI is InChI=1S/C34H38N4O7S/c1-7-23-17(3)33(44)38-28(23)14-26-16(2)24(9-11-31(42)43)29(36-26)15-27-21(8-10-30(40)41)12-22(35-27)13-25-18(4)32(34(45)37-25)19(5)46-20(6)39/h7,12-14,19,35-36H,1,8-11,15H2,2-6H3,(H,37,45)(H,38,44)(H,40,41)(H,42,43). The minimum absolute atomic E-state index is 0.0857. The number of amides is 2. The Labute approximate surface area is 271 Å². The van der Waals surface area contributed by atoms with Crippen molar-refractivity contribution >= 4 is 52.8 Å². The molecule has 242 valence electrons. The molecule has 0 fully saturated rings. The van der Waals surface area contributed by atoms with E-state index in [1.807, 2.05) is 32.9 Å². The van der Waals surface area contributed by atoms with E-state index in [4.69, 9.17) is 0 Å². The predicted octanol–water partition coefficient (Wildman–Crippen LogP) is 4.71. The van der Waals surface area contributed by atoms with Crippen LogP contribution >= 0.6 is 11.8 Å². The van der Waals surface area contributed by atoms with Gasteiger partial charge in [-0.25, -0.2) is 0 Å². The summed E-state index contributed by atoms with van der Waals surface area (Å²) in [5.41, 5.74) is 8.96. The number of aliphatic carboxylic acids is 2. The Bertz CT molecular complexity index is 1780. The quantitative estimate of drug-likeness (QED) is 0.181. The lowest BCUT2D eigenvalue weighted by Gasteiger charge is -2.08. The first kappa shape index (κ1) is 34.0. The number of carbonyl (C=O) groups is 5. The molecule has 12 heteroatoms. The monoisotopic (exact) mass is 646 g/mol. The Morgan fingerprint density at radius 1 is 0.913 bits per heavy atom. The summed E-state index contributed by atoms with van der Waals surface area (Å²) in [6.45, 7) is 12.5. The van der Waals surface area contributed by atoms with Gasteiger partial charge >= 0.3 is 11.9 Å². The highest BCUT2D eigenvalue weighted by molar-refractivity contribution is 8.14. The van der Waals surface area contributed by atoms with Crippen molar-refractivity contribution < 1.29 is 34.2 Å². The highest BCUT2D eigenvalue weighted by Gasteiger charge is 2.30. The predicted molar refractivity (Wildman–Crippen MR) is 177 cm³/mol. The van der Waals surface area contributed by atoms with Crippen molar-refractivity contribution in [3.05, 3.63) is 91.9 Å². The molecule has 1 unspecified atom stereocenters. The van der Waals surface area contributed by atoms with Crippen molar-refractivity contribution in [1.29, 1.82) is 0 Å². The zero-order valence-corrected chi connectivity index (χ0v) is 27.3. The Balaban J connectivity index is 1.75. The Kier molecular flexibility index (Phi) is 10.4. The molecule has 6 N–H and O–H groups in total. The number of nitrogens with one attached hydrogen (secondary N) is 4. The van der Waals surface area contributed by atoms with Gasteiger partial charge in [-0.2, -0.15) is 0 Å². The van der Waals surface area contributed by atoms with Gasteiger partial charge in [0, 0.05) is 76.6 Å².